The third-order valence-corrected chi connectivity index (χ3v) is 4.51. The standard InChI is InChI=1S/C18H20ClN5O2/c1-12-17(19)13(2)24(22-12)9-14-5-4-6-15(7-14)18(25)21-16-8-20-23(10-16)11-26-3/h4-8,10H,9,11H2,1-3H3,(H,21,25). The first-order valence-corrected chi connectivity index (χ1v) is 8.47. The lowest BCUT2D eigenvalue weighted by atomic mass is 10.1. The minimum Gasteiger partial charge on any atom is -0.362 e. The van der Waals surface area contributed by atoms with E-state index in [2.05, 4.69) is 15.5 Å². The number of ether oxygens (including phenoxy) is 1. The van der Waals surface area contributed by atoms with Crippen LogP contribution in [0, 0.1) is 13.8 Å². The number of hydrogen-bond donors (Lipinski definition) is 1. The summed E-state index contributed by atoms with van der Waals surface area (Å²) in [5.74, 6) is -0.199. The van der Waals surface area contributed by atoms with Crippen molar-refractivity contribution in [3.05, 3.63) is 64.2 Å². The van der Waals surface area contributed by atoms with E-state index in [1.54, 1.807) is 30.3 Å². The van der Waals surface area contributed by atoms with Crippen molar-refractivity contribution in [2.45, 2.75) is 27.1 Å². The van der Waals surface area contributed by atoms with Gasteiger partial charge in [-0.15, -0.1) is 0 Å². The van der Waals surface area contributed by atoms with Crippen LogP contribution in [0.4, 0.5) is 5.69 Å². The zero-order chi connectivity index (χ0) is 18.7. The number of halogens is 1. The van der Waals surface area contributed by atoms with Crippen LogP contribution in [-0.4, -0.2) is 32.6 Å². The number of nitrogens with zero attached hydrogens (tertiary/aromatic N) is 4. The van der Waals surface area contributed by atoms with Gasteiger partial charge in [0.1, 0.15) is 6.73 Å². The molecule has 3 aromatic rings. The fourth-order valence-corrected chi connectivity index (χ4v) is 2.78. The van der Waals surface area contributed by atoms with Gasteiger partial charge < -0.3 is 10.1 Å². The Morgan fingerprint density at radius 1 is 1.35 bits per heavy atom. The number of nitrogens with one attached hydrogen (secondary N) is 1. The summed E-state index contributed by atoms with van der Waals surface area (Å²) in [5, 5.41) is 12.0. The third kappa shape index (κ3) is 3.95. The number of methoxy groups -OCH3 is 1. The van der Waals surface area contributed by atoms with Gasteiger partial charge in [-0.05, 0) is 31.5 Å². The van der Waals surface area contributed by atoms with Crippen molar-refractivity contribution in [3.63, 3.8) is 0 Å². The first-order valence-electron chi connectivity index (χ1n) is 8.09. The molecule has 0 aliphatic carbocycles. The number of benzene rings is 1. The minimum absolute atomic E-state index is 0.199. The highest BCUT2D eigenvalue weighted by Gasteiger charge is 2.12. The second-order valence-corrected chi connectivity index (χ2v) is 6.36. The number of aromatic nitrogens is 4. The summed E-state index contributed by atoms with van der Waals surface area (Å²) in [7, 11) is 1.58. The molecule has 136 valence electrons. The van der Waals surface area contributed by atoms with Gasteiger partial charge in [0.15, 0.2) is 0 Å². The van der Waals surface area contributed by atoms with E-state index < -0.39 is 0 Å². The fraction of sp³-hybridized carbons (Fsp3) is 0.278. The van der Waals surface area contributed by atoms with Gasteiger partial charge in [0.25, 0.3) is 5.91 Å². The summed E-state index contributed by atoms with van der Waals surface area (Å²) < 4.78 is 8.43. The van der Waals surface area contributed by atoms with Gasteiger partial charge in [-0.1, -0.05) is 23.7 Å². The van der Waals surface area contributed by atoms with Crippen molar-refractivity contribution in [2.75, 3.05) is 12.4 Å². The van der Waals surface area contributed by atoms with Crippen molar-refractivity contribution in [3.8, 4) is 0 Å². The van der Waals surface area contributed by atoms with Crippen LogP contribution in [0.15, 0.2) is 36.7 Å². The number of anilines is 1. The highest BCUT2D eigenvalue weighted by Crippen LogP contribution is 2.20. The molecule has 0 aliphatic heterocycles. The predicted octanol–water partition coefficient (Wildman–Crippen LogP) is 3.25. The molecule has 2 heterocycles. The molecule has 1 amide bonds. The van der Waals surface area contributed by atoms with E-state index in [1.807, 2.05) is 36.7 Å². The average molecular weight is 374 g/mol. The van der Waals surface area contributed by atoms with Gasteiger partial charge in [0, 0.05) is 12.7 Å². The predicted molar refractivity (Wildman–Crippen MR) is 99.4 cm³/mol. The summed E-state index contributed by atoms with van der Waals surface area (Å²) in [6, 6.07) is 7.43. The quantitative estimate of drug-likeness (QED) is 0.719. The molecule has 2 aromatic heterocycles. The van der Waals surface area contributed by atoms with Crippen molar-refractivity contribution in [1.82, 2.24) is 19.6 Å². The molecule has 0 saturated carbocycles. The monoisotopic (exact) mass is 373 g/mol. The number of carbonyl (C=O) groups is 1. The molecule has 0 atom stereocenters. The maximum atomic E-state index is 12.5. The van der Waals surface area contributed by atoms with Gasteiger partial charge in [0.05, 0.1) is 41.0 Å². The van der Waals surface area contributed by atoms with Crippen molar-refractivity contribution >= 4 is 23.2 Å². The van der Waals surface area contributed by atoms with Gasteiger partial charge in [-0.25, -0.2) is 4.68 Å². The third-order valence-electron chi connectivity index (χ3n) is 3.97. The van der Waals surface area contributed by atoms with Crippen molar-refractivity contribution < 1.29 is 9.53 Å². The van der Waals surface area contributed by atoms with Gasteiger partial charge in [-0.2, -0.15) is 10.2 Å². The average Bonchev–Trinajstić information content (AvgIpc) is 3.16. The largest absolute Gasteiger partial charge is 0.362 e. The maximum Gasteiger partial charge on any atom is 0.255 e. The van der Waals surface area contributed by atoms with Gasteiger partial charge in [-0.3, -0.25) is 9.48 Å². The molecule has 26 heavy (non-hydrogen) atoms. The molecule has 1 aromatic carbocycles. The Balaban J connectivity index is 1.73. The van der Waals surface area contributed by atoms with E-state index in [9.17, 15) is 4.79 Å². The topological polar surface area (TPSA) is 74.0 Å². The smallest absolute Gasteiger partial charge is 0.255 e. The van der Waals surface area contributed by atoms with E-state index in [1.165, 1.54) is 0 Å². The summed E-state index contributed by atoms with van der Waals surface area (Å²) >= 11 is 6.20. The number of hydrogen-bond acceptors (Lipinski definition) is 4. The zero-order valence-corrected chi connectivity index (χ0v) is 15.6. The number of carbonyl (C=O) groups excluding carboxylic acids is 1. The molecule has 0 spiro atoms. The van der Waals surface area contributed by atoms with Crippen LogP contribution in [0.2, 0.25) is 5.02 Å². The summed E-state index contributed by atoms with van der Waals surface area (Å²) in [5.41, 5.74) is 3.85. The second kappa shape index (κ2) is 7.72. The zero-order valence-electron chi connectivity index (χ0n) is 14.9. The summed E-state index contributed by atoms with van der Waals surface area (Å²) in [6.45, 7) is 4.68. The molecular formula is C18H20ClN5O2. The van der Waals surface area contributed by atoms with E-state index in [0.29, 0.717) is 29.5 Å². The molecule has 7 nitrogen and oxygen atoms in total. The Bertz CT molecular complexity index is 932. The SMILES string of the molecule is COCn1cc(NC(=O)c2cccc(Cn3nc(C)c(Cl)c3C)c2)cn1. The Kier molecular flexibility index (Phi) is 5.39. The normalized spacial score (nSPS) is 10.9. The van der Waals surface area contributed by atoms with Crippen LogP contribution in [0.3, 0.4) is 0 Å². The molecule has 0 aliphatic rings. The number of rotatable bonds is 6. The van der Waals surface area contributed by atoms with E-state index >= 15 is 0 Å². The van der Waals surface area contributed by atoms with Crippen molar-refractivity contribution in [1.29, 1.82) is 0 Å². The molecule has 0 unspecified atom stereocenters. The Labute approximate surface area is 156 Å². The molecule has 0 radical (unpaired) electrons. The van der Waals surface area contributed by atoms with Crippen molar-refractivity contribution in [2.24, 2.45) is 0 Å². The van der Waals surface area contributed by atoms with Gasteiger partial charge >= 0.3 is 0 Å². The molecule has 1 N–H and O–H groups in total. The molecule has 8 heteroatoms. The second-order valence-electron chi connectivity index (χ2n) is 5.98. The van der Waals surface area contributed by atoms with Gasteiger partial charge in [0.2, 0.25) is 0 Å². The number of aryl methyl sites for hydroxylation is 1. The Hall–Kier alpha value is -2.64. The van der Waals surface area contributed by atoms with Crippen LogP contribution in [0.5, 0.6) is 0 Å². The van der Waals surface area contributed by atoms with Crippen LogP contribution < -0.4 is 5.32 Å². The first-order chi connectivity index (χ1) is 12.5. The molecule has 0 fully saturated rings. The van der Waals surface area contributed by atoms with Crippen LogP contribution in [-0.2, 0) is 18.0 Å². The molecule has 0 bridgehead atoms. The lowest BCUT2D eigenvalue weighted by Gasteiger charge is -2.07. The lowest BCUT2D eigenvalue weighted by molar-refractivity contribution is 0.102. The number of amides is 1. The Morgan fingerprint density at radius 2 is 2.15 bits per heavy atom. The highest BCUT2D eigenvalue weighted by molar-refractivity contribution is 6.31. The molecular weight excluding hydrogens is 354 g/mol. The first kappa shape index (κ1) is 18.2. The van der Waals surface area contributed by atoms with Crippen LogP contribution in [0.25, 0.3) is 0 Å². The van der Waals surface area contributed by atoms with Crippen LogP contribution in [0.1, 0.15) is 27.3 Å². The fourth-order valence-electron chi connectivity index (χ4n) is 2.65. The molecule has 3 rings (SSSR count). The Morgan fingerprint density at radius 3 is 2.85 bits per heavy atom. The molecule has 0 saturated heterocycles. The van der Waals surface area contributed by atoms with Crippen LogP contribution >= 0.6 is 11.6 Å². The van der Waals surface area contributed by atoms with E-state index in [-0.39, 0.29) is 5.91 Å². The maximum absolute atomic E-state index is 12.5. The van der Waals surface area contributed by atoms with E-state index in [0.717, 1.165) is 17.0 Å². The lowest BCUT2D eigenvalue weighted by Crippen LogP contribution is -2.12. The highest BCUT2D eigenvalue weighted by atomic mass is 35.5. The minimum atomic E-state index is -0.199. The summed E-state index contributed by atoms with van der Waals surface area (Å²) in [6.07, 6.45) is 3.29. The van der Waals surface area contributed by atoms with E-state index in [4.69, 9.17) is 16.3 Å². The summed E-state index contributed by atoms with van der Waals surface area (Å²) in [4.78, 5) is 12.5.